The van der Waals surface area contributed by atoms with E-state index < -0.39 is 17.0 Å². The van der Waals surface area contributed by atoms with Crippen molar-refractivity contribution >= 4 is 46.3 Å². The molecule has 1 aromatic heterocycles. The first kappa shape index (κ1) is 14.6. The molecule has 0 amide bonds. The summed E-state index contributed by atoms with van der Waals surface area (Å²) < 4.78 is 26.5. The predicted molar refractivity (Wildman–Crippen MR) is 83.2 cm³/mol. The van der Waals surface area contributed by atoms with Crippen LogP contribution in [0.5, 0.6) is 0 Å². The standard InChI is InChI=1S/C14H10Cl2F2S2/c15-9-5-11(18)10(17)4-8(9)14(16)13-3-7-6-19-2-1-12(7)20-13/h3-5,14H,1-2,6H2. The van der Waals surface area contributed by atoms with E-state index in [-0.39, 0.29) is 5.02 Å². The lowest BCUT2D eigenvalue weighted by molar-refractivity contribution is 0.507. The first-order chi connectivity index (χ1) is 9.56. The van der Waals surface area contributed by atoms with Gasteiger partial charge in [0.25, 0.3) is 0 Å². The maximum atomic E-state index is 13.4. The van der Waals surface area contributed by atoms with Gasteiger partial charge in [-0.05, 0) is 41.5 Å². The van der Waals surface area contributed by atoms with Crippen LogP contribution in [0.4, 0.5) is 8.78 Å². The van der Waals surface area contributed by atoms with Crippen LogP contribution in [0.15, 0.2) is 18.2 Å². The highest BCUT2D eigenvalue weighted by Crippen LogP contribution is 2.41. The fourth-order valence-corrected chi connectivity index (χ4v) is 5.25. The molecular formula is C14H10Cl2F2S2. The number of thioether (sulfide) groups is 1. The molecule has 0 fully saturated rings. The Hall–Kier alpha value is -0.290. The lowest BCUT2D eigenvalue weighted by Gasteiger charge is -2.10. The van der Waals surface area contributed by atoms with Crippen LogP contribution in [-0.4, -0.2) is 5.75 Å². The van der Waals surface area contributed by atoms with Gasteiger partial charge in [0.05, 0.1) is 5.38 Å². The topological polar surface area (TPSA) is 0 Å². The molecule has 0 spiro atoms. The number of hydrogen-bond acceptors (Lipinski definition) is 2. The molecular weight excluding hydrogens is 341 g/mol. The van der Waals surface area contributed by atoms with Crippen LogP contribution in [0.25, 0.3) is 0 Å². The summed E-state index contributed by atoms with van der Waals surface area (Å²) in [6.07, 6.45) is 1.04. The summed E-state index contributed by atoms with van der Waals surface area (Å²) in [5.41, 5.74) is 1.71. The van der Waals surface area contributed by atoms with Crippen molar-refractivity contribution in [1.29, 1.82) is 0 Å². The first-order valence-corrected chi connectivity index (χ1v) is 8.82. The molecule has 0 saturated heterocycles. The van der Waals surface area contributed by atoms with Gasteiger partial charge in [-0.25, -0.2) is 8.78 Å². The molecule has 0 N–H and O–H groups in total. The maximum absolute atomic E-state index is 13.4. The molecule has 0 saturated carbocycles. The number of rotatable bonds is 2. The minimum absolute atomic E-state index is 0.157. The molecule has 1 atom stereocenters. The van der Waals surface area contributed by atoms with Gasteiger partial charge in [-0.1, -0.05) is 11.6 Å². The predicted octanol–water partition coefficient (Wildman–Crippen LogP) is 5.80. The van der Waals surface area contributed by atoms with Crippen molar-refractivity contribution in [2.45, 2.75) is 17.6 Å². The zero-order chi connectivity index (χ0) is 14.3. The van der Waals surface area contributed by atoms with Crippen molar-refractivity contribution in [3.8, 4) is 0 Å². The van der Waals surface area contributed by atoms with E-state index in [1.807, 2.05) is 11.8 Å². The van der Waals surface area contributed by atoms with E-state index >= 15 is 0 Å². The highest BCUT2D eigenvalue weighted by atomic mass is 35.5. The molecule has 1 aromatic carbocycles. The largest absolute Gasteiger partial charge is 0.204 e. The molecule has 0 bridgehead atoms. The number of thiophene rings is 1. The molecule has 1 unspecified atom stereocenters. The summed E-state index contributed by atoms with van der Waals surface area (Å²) in [7, 11) is 0. The van der Waals surface area contributed by atoms with Gasteiger partial charge < -0.3 is 0 Å². The summed E-state index contributed by atoms with van der Waals surface area (Å²) in [5.74, 6) is 0.226. The Morgan fingerprint density at radius 1 is 1.15 bits per heavy atom. The van der Waals surface area contributed by atoms with Gasteiger partial charge in [-0.15, -0.1) is 22.9 Å². The Morgan fingerprint density at radius 2 is 1.90 bits per heavy atom. The third-order valence-electron chi connectivity index (χ3n) is 3.21. The quantitative estimate of drug-likeness (QED) is 0.487. The van der Waals surface area contributed by atoms with Gasteiger partial charge in [-0.2, -0.15) is 11.8 Å². The van der Waals surface area contributed by atoms with Gasteiger partial charge >= 0.3 is 0 Å². The van der Waals surface area contributed by atoms with Crippen molar-refractivity contribution in [1.82, 2.24) is 0 Å². The second kappa shape index (κ2) is 5.84. The van der Waals surface area contributed by atoms with E-state index in [9.17, 15) is 8.78 Å². The van der Waals surface area contributed by atoms with Crippen LogP contribution >= 0.6 is 46.3 Å². The zero-order valence-electron chi connectivity index (χ0n) is 10.3. The van der Waals surface area contributed by atoms with Crippen LogP contribution < -0.4 is 0 Å². The second-order valence-corrected chi connectivity index (χ2v) is 7.67. The lowest BCUT2D eigenvalue weighted by atomic mass is 10.1. The minimum atomic E-state index is -0.954. The summed E-state index contributed by atoms with van der Waals surface area (Å²) in [6, 6.07) is 4.12. The summed E-state index contributed by atoms with van der Waals surface area (Å²) in [5, 5.41) is -0.386. The minimum Gasteiger partial charge on any atom is -0.204 e. The molecule has 0 nitrogen and oxygen atoms in total. The Labute approximate surface area is 134 Å². The van der Waals surface area contributed by atoms with Gasteiger partial charge in [0.2, 0.25) is 0 Å². The van der Waals surface area contributed by atoms with Gasteiger partial charge in [0.1, 0.15) is 0 Å². The van der Waals surface area contributed by atoms with E-state index in [0.717, 1.165) is 34.9 Å². The maximum Gasteiger partial charge on any atom is 0.160 e. The molecule has 2 heterocycles. The Morgan fingerprint density at radius 3 is 2.65 bits per heavy atom. The monoisotopic (exact) mass is 350 g/mol. The lowest BCUT2D eigenvalue weighted by Crippen LogP contribution is -1.96. The average Bonchev–Trinajstić information content (AvgIpc) is 2.86. The fraction of sp³-hybridized carbons (Fsp3) is 0.286. The molecule has 2 aromatic rings. The van der Waals surface area contributed by atoms with Crippen molar-refractivity contribution in [2.75, 3.05) is 5.75 Å². The summed E-state index contributed by atoms with van der Waals surface area (Å²) in [6.45, 7) is 0. The summed E-state index contributed by atoms with van der Waals surface area (Å²) >= 11 is 15.9. The van der Waals surface area contributed by atoms with E-state index in [1.54, 1.807) is 11.3 Å². The third-order valence-corrected chi connectivity index (χ3v) is 6.45. The number of benzene rings is 1. The van der Waals surface area contributed by atoms with Gasteiger partial charge in [0, 0.05) is 20.5 Å². The smallest absolute Gasteiger partial charge is 0.160 e. The third kappa shape index (κ3) is 2.71. The highest BCUT2D eigenvalue weighted by molar-refractivity contribution is 7.98. The van der Waals surface area contributed by atoms with Crippen LogP contribution in [0.2, 0.25) is 5.02 Å². The molecule has 1 aliphatic rings. The molecule has 0 radical (unpaired) electrons. The van der Waals surface area contributed by atoms with Crippen molar-refractivity contribution < 1.29 is 8.78 Å². The molecule has 6 heteroatoms. The number of alkyl halides is 1. The number of hydrogen-bond donors (Lipinski definition) is 0. The zero-order valence-corrected chi connectivity index (χ0v) is 13.4. The van der Waals surface area contributed by atoms with Gasteiger partial charge in [-0.3, -0.25) is 0 Å². The number of halogens is 4. The molecule has 0 aliphatic carbocycles. The highest BCUT2D eigenvalue weighted by Gasteiger charge is 2.22. The first-order valence-electron chi connectivity index (χ1n) is 6.04. The molecule has 20 heavy (non-hydrogen) atoms. The van der Waals surface area contributed by atoms with Crippen LogP contribution in [0.3, 0.4) is 0 Å². The molecule has 3 rings (SSSR count). The van der Waals surface area contributed by atoms with Crippen LogP contribution in [0, 0.1) is 11.6 Å². The summed E-state index contributed by atoms with van der Waals surface area (Å²) in [4.78, 5) is 2.27. The van der Waals surface area contributed by atoms with E-state index in [0.29, 0.717) is 5.56 Å². The van der Waals surface area contributed by atoms with Crippen molar-refractivity contribution in [2.24, 2.45) is 0 Å². The van der Waals surface area contributed by atoms with E-state index in [2.05, 4.69) is 6.07 Å². The molecule has 106 valence electrons. The number of fused-ring (bicyclic) bond motifs is 1. The fourth-order valence-electron chi connectivity index (χ4n) is 2.18. The number of aryl methyl sites for hydroxylation is 1. The molecule has 1 aliphatic heterocycles. The van der Waals surface area contributed by atoms with Gasteiger partial charge in [0.15, 0.2) is 11.6 Å². The van der Waals surface area contributed by atoms with Crippen LogP contribution in [-0.2, 0) is 12.2 Å². The SMILES string of the molecule is Fc1cc(Cl)c(C(Cl)c2cc3c(s2)CCSC3)cc1F. The van der Waals surface area contributed by atoms with Crippen molar-refractivity contribution in [3.05, 3.63) is 55.7 Å². The van der Waals surface area contributed by atoms with Crippen LogP contribution in [0.1, 0.15) is 26.3 Å². The normalized spacial score (nSPS) is 16.0. The second-order valence-electron chi connectivity index (χ2n) is 4.55. The van der Waals surface area contributed by atoms with Crippen molar-refractivity contribution in [3.63, 3.8) is 0 Å². The Balaban J connectivity index is 1.98. The average molecular weight is 351 g/mol. The van der Waals surface area contributed by atoms with E-state index in [4.69, 9.17) is 23.2 Å². The Bertz CT molecular complexity index is 631. The Kier molecular flexibility index (Phi) is 4.27. The van der Waals surface area contributed by atoms with E-state index in [1.165, 1.54) is 10.4 Å².